The molecule has 0 aliphatic carbocycles. The van der Waals surface area contributed by atoms with Gasteiger partial charge < -0.3 is 4.74 Å². The summed E-state index contributed by atoms with van der Waals surface area (Å²) in [4.78, 5) is 29.4. The van der Waals surface area contributed by atoms with Crippen LogP contribution in [0.4, 0.5) is 0 Å². The Labute approximate surface area is 122 Å². The number of esters is 1. The lowest BCUT2D eigenvalue weighted by atomic mass is 10.2. The summed E-state index contributed by atoms with van der Waals surface area (Å²) in [6, 6.07) is 3.59. The zero-order valence-electron chi connectivity index (χ0n) is 10.5. The molecule has 3 aromatic heterocycles. The molecule has 0 aromatic carbocycles. The highest BCUT2D eigenvalue weighted by Crippen LogP contribution is 2.19. The maximum Gasteiger partial charge on any atom is 0.348 e. The third kappa shape index (κ3) is 2.14. The van der Waals surface area contributed by atoms with E-state index in [9.17, 15) is 9.59 Å². The Morgan fingerprint density at radius 2 is 2.15 bits per heavy atom. The summed E-state index contributed by atoms with van der Waals surface area (Å²) < 4.78 is 6.23. The number of thiophene rings is 2. The van der Waals surface area contributed by atoms with Gasteiger partial charge in [-0.2, -0.15) is 0 Å². The van der Waals surface area contributed by atoms with Gasteiger partial charge in [-0.25, -0.2) is 9.78 Å². The number of hydrogen-bond acceptors (Lipinski definition) is 6. The molecule has 3 heterocycles. The first-order valence-corrected chi connectivity index (χ1v) is 7.54. The predicted octanol–water partition coefficient (Wildman–Crippen LogP) is 2.35. The first-order valence-electron chi connectivity index (χ1n) is 5.78. The van der Waals surface area contributed by atoms with Gasteiger partial charge in [0.15, 0.2) is 0 Å². The molecular formula is C13H10N2O3S2. The minimum Gasteiger partial charge on any atom is -0.465 e. The second-order valence-electron chi connectivity index (χ2n) is 4.08. The molecule has 5 nitrogen and oxygen atoms in total. The lowest BCUT2D eigenvalue weighted by molar-refractivity contribution is 0.0605. The van der Waals surface area contributed by atoms with Crippen LogP contribution in [0.1, 0.15) is 15.2 Å². The molecule has 3 rings (SSSR count). The van der Waals surface area contributed by atoms with Crippen molar-refractivity contribution in [2.45, 2.75) is 6.54 Å². The third-order valence-electron chi connectivity index (χ3n) is 2.91. The van der Waals surface area contributed by atoms with E-state index in [1.807, 2.05) is 16.8 Å². The summed E-state index contributed by atoms with van der Waals surface area (Å²) in [5.41, 5.74) is 0.665. The van der Waals surface area contributed by atoms with E-state index in [1.54, 1.807) is 6.07 Å². The summed E-state index contributed by atoms with van der Waals surface area (Å²) in [5, 5.41) is 4.25. The molecule has 102 valence electrons. The molecule has 20 heavy (non-hydrogen) atoms. The molecule has 0 fully saturated rings. The summed E-state index contributed by atoms with van der Waals surface area (Å²) in [7, 11) is 1.34. The topological polar surface area (TPSA) is 61.2 Å². The van der Waals surface area contributed by atoms with Gasteiger partial charge in [0, 0.05) is 0 Å². The number of fused-ring (bicyclic) bond motifs is 1. The minimum absolute atomic E-state index is 0.0988. The first kappa shape index (κ1) is 13.0. The molecule has 0 spiro atoms. The number of aromatic nitrogens is 2. The second kappa shape index (κ2) is 5.18. The lowest BCUT2D eigenvalue weighted by Crippen LogP contribution is -2.21. The van der Waals surface area contributed by atoms with Gasteiger partial charge in [0.1, 0.15) is 9.71 Å². The smallest absolute Gasteiger partial charge is 0.348 e. The number of carbonyl (C=O) groups is 1. The number of hydrogen-bond donors (Lipinski definition) is 0. The van der Waals surface area contributed by atoms with Crippen molar-refractivity contribution in [1.29, 1.82) is 0 Å². The van der Waals surface area contributed by atoms with Crippen LogP contribution in [0.3, 0.4) is 0 Å². The number of ether oxygens (including phenoxy) is 1. The maximum atomic E-state index is 12.3. The van der Waals surface area contributed by atoms with Gasteiger partial charge >= 0.3 is 5.97 Å². The number of nitrogens with zero attached hydrogens (tertiary/aromatic N) is 2. The number of rotatable bonds is 3. The van der Waals surface area contributed by atoms with Crippen molar-refractivity contribution in [3.63, 3.8) is 0 Å². The van der Waals surface area contributed by atoms with Crippen molar-refractivity contribution in [1.82, 2.24) is 9.55 Å². The lowest BCUT2D eigenvalue weighted by Gasteiger charge is -2.05. The van der Waals surface area contributed by atoms with Gasteiger partial charge in [-0.15, -0.1) is 22.7 Å². The summed E-state index contributed by atoms with van der Waals surface area (Å²) >= 11 is 2.74. The largest absolute Gasteiger partial charge is 0.465 e. The molecule has 0 saturated heterocycles. The molecule has 7 heteroatoms. The fourth-order valence-corrected chi connectivity index (χ4v) is 3.48. The van der Waals surface area contributed by atoms with E-state index in [4.69, 9.17) is 4.74 Å². The number of methoxy groups -OCH3 is 1. The Morgan fingerprint density at radius 1 is 1.35 bits per heavy atom. The van der Waals surface area contributed by atoms with Crippen molar-refractivity contribution < 1.29 is 9.53 Å². The summed E-state index contributed by atoms with van der Waals surface area (Å²) in [5.74, 6) is -0.382. The normalized spacial score (nSPS) is 10.8. The van der Waals surface area contributed by atoms with Gasteiger partial charge in [0.25, 0.3) is 5.56 Å². The Balaban J connectivity index is 2.02. The van der Waals surface area contributed by atoms with Crippen LogP contribution in [0.15, 0.2) is 34.0 Å². The third-order valence-corrected chi connectivity index (χ3v) is 4.67. The van der Waals surface area contributed by atoms with Gasteiger partial charge in [0.2, 0.25) is 0 Å². The van der Waals surface area contributed by atoms with Crippen molar-refractivity contribution in [3.8, 4) is 0 Å². The van der Waals surface area contributed by atoms with Gasteiger partial charge in [-0.1, -0.05) is 0 Å². The van der Waals surface area contributed by atoms with E-state index in [1.165, 1.54) is 40.7 Å². The van der Waals surface area contributed by atoms with Crippen LogP contribution >= 0.6 is 22.7 Å². The molecule has 0 radical (unpaired) electrons. The predicted molar refractivity (Wildman–Crippen MR) is 78.6 cm³/mol. The van der Waals surface area contributed by atoms with Gasteiger partial charge in [-0.05, 0) is 28.5 Å². The molecule has 0 atom stereocenters. The van der Waals surface area contributed by atoms with Gasteiger partial charge in [-0.3, -0.25) is 9.36 Å². The van der Waals surface area contributed by atoms with E-state index in [0.717, 1.165) is 10.4 Å². The summed E-state index contributed by atoms with van der Waals surface area (Å²) in [6.07, 6.45) is 1.51. The van der Waals surface area contributed by atoms with Crippen molar-refractivity contribution in [2.24, 2.45) is 0 Å². The van der Waals surface area contributed by atoms with Crippen LogP contribution in [0.25, 0.3) is 10.2 Å². The van der Waals surface area contributed by atoms with E-state index >= 15 is 0 Å². The Bertz CT molecular complexity index is 831. The molecule has 0 amide bonds. The van der Waals surface area contributed by atoms with Crippen LogP contribution in [0, 0.1) is 0 Å². The molecule has 0 bridgehead atoms. The molecule has 0 aliphatic rings. The van der Waals surface area contributed by atoms with Crippen molar-refractivity contribution >= 4 is 38.9 Å². The first-order chi connectivity index (χ1) is 9.70. The van der Waals surface area contributed by atoms with Crippen LogP contribution in [0.5, 0.6) is 0 Å². The average Bonchev–Trinajstić information content (AvgIpc) is 3.10. The highest BCUT2D eigenvalue weighted by molar-refractivity contribution is 7.16. The molecule has 3 aromatic rings. The number of carbonyl (C=O) groups excluding carboxylic acids is 1. The molecule has 0 saturated carbocycles. The fraction of sp³-hybridized carbons (Fsp3) is 0.154. The fourth-order valence-electron chi connectivity index (χ4n) is 1.92. The SMILES string of the molecule is COC(=O)c1sccc1Cn1cnc2sccc2c1=O. The molecule has 0 aliphatic heterocycles. The van der Waals surface area contributed by atoms with Crippen LogP contribution in [0.2, 0.25) is 0 Å². The zero-order chi connectivity index (χ0) is 14.1. The minimum atomic E-state index is -0.382. The average molecular weight is 306 g/mol. The van der Waals surface area contributed by atoms with Crippen molar-refractivity contribution in [2.75, 3.05) is 7.11 Å². The standard InChI is InChI=1S/C13H10N2O3S2/c1-18-13(17)10-8(2-4-19-10)6-15-7-14-11-9(12(15)16)3-5-20-11/h2-5,7H,6H2,1H3. The van der Waals surface area contributed by atoms with E-state index in [-0.39, 0.29) is 11.5 Å². The Hall–Kier alpha value is -1.99. The van der Waals surface area contributed by atoms with E-state index < -0.39 is 0 Å². The van der Waals surface area contributed by atoms with Crippen molar-refractivity contribution in [3.05, 3.63) is 50.0 Å². The molecule has 0 N–H and O–H groups in total. The Morgan fingerprint density at radius 3 is 2.95 bits per heavy atom. The van der Waals surface area contributed by atoms with E-state index in [2.05, 4.69) is 4.98 Å². The van der Waals surface area contributed by atoms with E-state index in [0.29, 0.717) is 16.8 Å². The molecular weight excluding hydrogens is 296 g/mol. The second-order valence-corrected chi connectivity index (χ2v) is 5.89. The quantitative estimate of drug-likeness (QED) is 0.697. The molecule has 0 unspecified atom stereocenters. The highest BCUT2D eigenvalue weighted by Gasteiger charge is 2.15. The maximum absolute atomic E-state index is 12.3. The Kier molecular flexibility index (Phi) is 3.37. The monoisotopic (exact) mass is 306 g/mol. The van der Waals surface area contributed by atoms with Crippen LogP contribution in [-0.4, -0.2) is 22.6 Å². The summed E-state index contributed by atoms with van der Waals surface area (Å²) in [6.45, 7) is 0.311. The zero-order valence-corrected chi connectivity index (χ0v) is 12.2. The van der Waals surface area contributed by atoms with Crippen LogP contribution in [-0.2, 0) is 11.3 Å². The van der Waals surface area contributed by atoms with Crippen LogP contribution < -0.4 is 5.56 Å². The van der Waals surface area contributed by atoms with Gasteiger partial charge in [0.05, 0.1) is 25.4 Å². The highest BCUT2D eigenvalue weighted by atomic mass is 32.1.